The minimum Gasteiger partial charge on any atom is -0.456 e. The van der Waals surface area contributed by atoms with E-state index in [9.17, 15) is 9.59 Å². The number of anilines is 2. The van der Waals surface area contributed by atoms with E-state index < -0.39 is 36.5 Å². The molecule has 0 radical (unpaired) electrons. The number of halogens is 2. The Labute approximate surface area is 220 Å². The number of fused-ring (bicyclic) bond motifs is 2. The topological polar surface area (TPSA) is 111 Å². The van der Waals surface area contributed by atoms with Crippen LogP contribution in [-0.4, -0.2) is 49.6 Å². The summed E-state index contributed by atoms with van der Waals surface area (Å²) in [6, 6.07) is 11.3. The Balaban J connectivity index is 1.28. The van der Waals surface area contributed by atoms with Crippen LogP contribution in [-0.2, 0) is 31.9 Å². The zero-order valence-electron chi connectivity index (χ0n) is 20.2. The Bertz CT molecular complexity index is 1090. The normalized spacial score (nSPS) is 17.9. The van der Waals surface area contributed by atoms with Crippen LogP contribution in [0, 0.1) is 0 Å². The van der Waals surface area contributed by atoms with Gasteiger partial charge in [0.2, 0.25) is 0 Å². The van der Waals surface area contributed by atoms with Gasteiger partial charge in [-0.1, -0.05) is 35.3 Å². The highest BCUT2D eigenvalue weighted by Crippen LogP contribution is 2.33. The Hall–Kier alpha value is -2.78. The number of rotatable bonds is 8. The summed E-state index contributed by atoms with van der Waals surface area (Å²) in [5.41, 5.74) is 16.9. The second-order valence-corrected chi connectivity index (χ2v) is 9.90. The van der Waals surface area contributed by atoms with Crippen molar-refractivity contribution in [3.05, 3.63) is 69.7 Å². The molecule has 2 heterocycles. The molecular weight excluding hydrogens is 503 g/mol. The number of ether oxygens (including phenoxy) is 2. The first-order chi connectivity index (χ1) is 17.1. The van der Waals surface area contributed by atoms with Gasteiger partial charge < -0.3 is 30.7 Å². The predicted molar refractivity (Wildman–Crippen MR) is 141 cm³/mol. The highest BCUT2D eigenvalue weighted by atomic mass is 35.5. The van der Waals surface area contributed by atoms with Crippen LogP contribution in [0.25, 0.3) is 0 Å². The third-order valence-corrected chi connectivity index (χ3v) is 7.07. The Morgan fingerprint density at radius 1 is 0.806 bits per heavy atom. The van der Waals surface area contributed by atoms with Crippen LogP contribution in [0.2, 0.25) is 10.0 Å². The molecular formula is C26H30Cl2N4O4. The lowest BCUT2D eigenvalue weighted by atomic mass is 10.2. The van der Waals surface area contributed by atoms with Crippen LogP contribution in [0.15, 0.2) is 48.6 Å². The average Bonchev–Trinajstić information content (AvgIpc) is 3.45. The monoisotopic (exact) mass is 532 g/mol. The van der Waals surface area contributed by atoms with Gasteiger partial charge in [-0.2, -0.15) is 0 Å². The fourth-order valence-corrected chi connectivity index (χ4v) is 4.93. The maximum Gasteiger partial charge on any atom is 0.331 e. The number of benzene rings is 2. The van der Waals surface area contributed by atoms with Crippen LogP contribution < -0.4 is 21.3 Å². The number of nitrogens with zero attached hydrogens (tertiary/aromatic N) is 2. The van der Waals surface area contributed by atoms with Crippen LogP contribution in [0.4, 0.5) is 11.4 Å². The molecule has 2 aromatic carbocycles. The lowest BCUT2D eigenvalue weighted by Gasteiger charge is -2.31. The summed E-state index contributed by atoms with van der Waals surface area (Å²) >= 11 is 12.3. The molecule has 0 saturated carbocycles. The van der Waals surface area contributed by atoms with Gasteiger partial charge in [0.1, 0.15) is 24.5 Å². The van der Waals surface area contributed by atoms with Gasteiger partial charge in [-0.15, -0.1) is 0 Å². The minimum atomic E-state index is -0.694. The van der Waals surface area contributed by atoms with Crippen molar-refractivity contribution in [1.29, 1.82) is 0 Å². The van der Waals surface area contributed by atoms with Gasteiger partial charge in [0.05, 0.1) is 0 Å². The van der Waals surface area contributed by atoms with E-state index in [2.05, 4.69) is 0 Å². The summed E-state index contributed by atoms with van der Waals surface area (Å²) in [5, 5.41) is 1.23. The third-order valence-electron chi connectivity index (χ3n) is 6.60. The van der Waals surface area contributed by atoms with Gasteiger partial charge in [-0.25, -0.2) is 9.59 Å². The maximum absolute atomic E-state index is 12.3. The fourth-order valence-electron chi connectivity index (χ4n) is 4.60. The van der Waals surface area contributed by atoms with Gasteiger partial charge in [0, 0.05) is 46.7 Å². The van der Waals surface area contributed by atoms with Crippen LogP contribution in [0.1, 0.15) is 25.0 Å². The number of hydrogen-bond donors (Lipinski definition) is 2. The molecule has 2 aromatic rings. The molecule has 0 bridgehead atoms. The van der Waals surface area contributed by atoms with Crippen molar-refractivity contribution in [2.45, 2.75) is 51.2 Å². The summed E-state index contributed by atoms with van der Waals surface area (Å²) in [6.07, 6.45) is 1.35. The molecule has 0 amide bonds. The van der Waals surface area contributed by atoms with Crippen molar-refractivity contribution in [2.24, 2.45) is 11.5 Å². The van der Waals surface area contributed by atoms with Crippen molar-refractivity contribution in [2.75, 3.05) is 22.9 Å². The molecule has 0 saturated heterocycles. The number of hydrogen-bond acceptors (Lipinski definition) is 8. The molecule has 0 aliphatic carbocycles. The first-order valence-electron chi connectivity index (χ1n) is 11.8. The molecule has 2 aliphatic heterocycles. The molecule has 192 valence electrons. The number of carbonyl (C=O) groups excluding carboxylic acids is 2. The average molecular weight is 533 g/mol. The summed E-state index contributed by atoms with van der Waals surface area (Å²) in [7, 11) is 0. The van der Waals surface area contributed by atoms with Crippen LogP contribution in [0.5, 0.6) is 0 Å². The SMILES string of the molecule is CC(OC(=O)/C=C/C(=O)OC(C)[C@@H](N)N1CCc2ccc(Cl)cc21)[C@@H](N)N1CCc2ccc(Cl)cc21. The van der Waals surface area contributed by atoms with Gasteiger partial charge in [-0.3, -0.25) is 0 Å². The second kappa shape index (κ2) is 11.1. The highest BCUT2D eigenvalue weighted by Gasteiger charge is 2.30. The van der Waals surface area contributed by atoms with E-state index >= 15 is 0 Å². The zero-order chi connectivity index (χ0) is 26.0. The Morgan fingerprint density at radius 3 is 1.58 bits per heavy atom. The summed E-state index contributed by atoms with van der Waals surface area (Å²) < 4.78 is 10.9. The van der Waals surface area contributed by atoms with E-state index in [0.717, 1.165) is 47.5 Å². The molecule has 10 heteroatoms. The predicted octanol–water partition coefficient (Wildman–Crippen LogP) is 3.41. The van der Waals surface area contributed by atoms with E-state index in [0.29, 0.717) is 23.1 Å². The van der Waals surface area contributed by atoms with E-state index in [1.54, 1.807) is 13.8 Å². The smallest absolute Gasteiger partial charge is 0.331 e. The highest BCUT2D eigenvalue weighted by molar-refractivity contribution is 6.31. The van der Waals surface area contributed by atoms with Crippen molar-refractivity contribution in [3.63, 3.8) is 0 Å². The van der Waals surface area contributed by atoms with Crippen LogP contribution in [0.3, 0.4) is 0 Å². The molecule has 0 fully saturated rings. The van der Waals surface area contributed by atoms with Crippen LogP contribution >= 0.6 is 23.2 Å². The Kier molecular flexibility index (Phi) is 8.10. The molecule has 0 aromatic heterocycles. The number of esters is 2. The molecule has 36 heavy (non-hydrogen) atoms. The quantitative estimate of drug-likeness (QED) is 0.393. The van der Waals surface area contributed by atoms with Crippen molar-refractivity contribution < 1.29 is 19.1 Å². The molecule has 0 spiro atoms. The first kappa shape index (κ1) is 26.3. The molecule has 4 N–H and O–H groups in total. The zero-order valence-corrected chi connectivity index (χ0v) is 21.7. The van der Waals surface area contributed by atoms with E-state index in [-0.39, 0.29) is 0 Å². The summed E-state index contributed by atoms with van der Waals surface area (Å²) in [6.45, 7) is 4.82. The molecule has 4 atom stereocenters. The van der Waals surface area contributed by atoms with Gasteiger partial charge >= 0.3 is 11.9 Å². The lowest BCUT2D eigenvalue weighted by Crippen LogP contribution is -2.50. The largest absolute Gasteiger partial charge is 0.456 e. The summed E-state index contributed by atoms with van der Waals surface area (Å²) in [4.78, 5) is 28.6. The van der Waals surface area contributed by atoms with E-state index in [1.165, 1.54) is 0 Å². The second-order valence-electron chi connectivity index (χ2n) is 9.03. The maximum atomic E-state index is 12.3. The van der Waals surface area contributed by atoms with E-state index in [1.807, 2.05) is 46.2 Å². The van der Waals surface area contributed by atoms with E-state index in [4.69, 9.17) is 44.1 Å². The molecule has 2 aliphatic rings. The minimum absolute atomic E-state index is 0.566. The van der Waals surface area contributed by atoms with Crippen molar-refractivity contribution in [3.8, 4) is 0 Å². The lowest BCUT2D eigenvalue weighted by molar-refractivity contribution is -0.146. The van der Waals surface area contributed by atoms with Gasteiger partial charge in [-0.05, 0) is 62.1 Å². The molecule has 4 rings (SSSR count). The summed E-state index contributed by atoms with van der Waals surface area (Å²) in [5.74, 6) is -1.39. The van der Waals surface area contributed by atoms with Gasteiger partial charge in [0.15, 0.2) is 0 Å². The standard InChI is InChI=1S/C26H30Cl2N4O4/c1-15(25(29)31-11-9-17-3-5-19(27)13-21(17)31)35-23(33)7-8-24(34)36-16(2)26(30)32-12-10-18-4-6-20(28)14-22(18)32/h3-8,13-16,25-26H,9-12,29-30H2,1-2H3/b8-7+/t15?,16?,25-,26-/m0/s1. The van der Waals surface area contributed by atoms with Crippen molar-refractivity contribution >= 4 is 46.5 Å². The first-order valence-corrected chi connectivity index (χ1v) is 12.6. The molecule has 2 unspecified atom stereocenters. The molecule has 8 nitrogen and oxygen atoms in total. The fraction of sp³-hybridized carbons (Fsp3) is 0.385. The Morgan fingerprint density at radius 2 is 1.19 bits per heavy atom. The van der Waals surface area contributed by atoms with Gasteiger partial charge in [0.25, 0.3) is 0 Å². The number of nitrogens with two attached hydrogens (primary N) is 2. The number of carbonyl (C=O) groups is 2. The van der Waals surface area contributed by atoms with Crippen molar-refractivity contribution in [1.82, 2.24) is 0 Å². The third kappa shape index (κ3) is 5.78.